The Morgan fingerprint density at radius 2 is 0.860 bits per heavy atom. The third-order valence-electron chi connectivity index (χ3n) is 7.55. The van der Waals surface area contributed by atoms with E-state index in [4.69, 9.17) is 47.4 Å². The summed E-state index contributed by atoms with van der Waals surface area (Å²) in [5, 5.41) is 0. The Kier molecular flexibility index (Phi) is 12.8. The van der Waals surface area contributed by atoms with Crippen molar-refractivity contribution in [3.63, 3.8) is 0 Å². The van der Waals surface area contributed by atoms with Gasteiger partial charge in [-0.25, -0.2) is 0 Å². The van der Waals surface area contributed by atoms with Crippen LogP contribution in [0.15, 0.2) is 60.7 Å². The van der Waals surface area contributed by atoms with E-state index in [9.17, 15) is 0 Å². The molecular weight excluding hydrogens is 556 g/mol. The monoisotopic (exact) mass is 602 g/mol. The Balaban J connectivity index is 1.39. The van der Waals surface area contributed by atoms with Gasteiger partial charge in [0.25, 0.3) is 0 Å². The number of rotatable bonds is 6. The van der Waals surface area contributed by atoms with E-state index in [1.165, 1.54) is 0 Å². The number of fused-ring (bicyclic) bond motifs is 2. The van der Waals surface area contributed by atoms with Crippen LogP contribution >= 0.6 is 0 Å². The summed E-state index contributed by atoms with van der Waals surface area (Å²) in [5.41, 5.74) is 2.10. The highest BCUT2D eigenvalue weighted by atomic mass is 16.8. The van der Waals surface area contributed by atoms with Crippen molar-refractivity contribution in [2.45, 2.75) is 69.5 Å². The van der Waals surface area contributed by atoms with Crippen LogP contribution in [0, 0.1) is 0 Å². The van der Waals surface area contributed by atoms with Crippen molar-refractivity contribution < 1.29 is 47.4 Å². The summed E-state index contributed by atoms with van der Waals surface area (Å²) in [7, 11) is 0. The van der Waals surface area contributed by atoms with Crippen molar-refractivity contribution in [3.05, 3.63) is 71.8 Å². The van der Waals surface area contributed by atoms with E-state index in [2.05, 4.69) is 0 Å². The standard InChI is InChI=1S/C33H46O10/c1-33(2)42-31-29(40-23-25-9-5-3-6-10-25)27-28(30(32(31)43-33)41-24-26-11-7-4-8-12-26)39-22-20-37-18-16-35-14-13-34-15-17-36-19-21-38-27/h3-12,27-32H,13-24H2,1-2H3/t27-,28-,29+,30+,31-,32+/m0/s1. The first-order chi connectivity index (χ1) is 21.1. The van der Waals surface area contributed by atoms with Crippen molar-refractivity contribution in [1.29, 1.82) is 0 Å². The van der Waals surface area contributed by atoms with Gasteiger partial charge in [0, 0.05) is 0 Å². The Bertz CT molecular complexity index is 957. The summed E-state index contributed by atoms with van der Waals surface area (Å²) >= 11 is 0. The molecule has 0 bridgehead atoms. The van der Waals surface area contributed by atoms with Gasteiger partial charge in [0.15, 0.2) is 5.79 Å². The first kappa shape index (κ1) is 32.4. The largest absolute Gasteiger partial charge is 0.377 e. The second-order valence-corrected chi connectivity index (χ2v) is 11.2. The smallest absolute Gasteiger partial charge is 0.164 e. The third-order valence-corrected chi connectivity index (χ3v) is 7.55. The minimum atomic E-state index is -0.837. The van der Waals surface area contributed by atoms with Crippen LogP contribution in [-0.2, 0) is 60.6 Å². The summed E-state index contributed by atoms with van der Waals surface area (Å²) < 4.78 is 62.1. The van der Waals surface area contributed by atoms with E-state index >= 15 is 0 Å². The second kappa shape index (κ2) is 16.9. The first-order valence-corrected chi connectivity index (χ1v) is 15.3. The summed E-state index contributed by atoms with van der Waals surface area (Å²) in [6.45, 7) is 8.98. The minimum Gasteiger partial charge on any atom is -0.377 e. The van der Waals surface area contributed by atoms with Crippen molar-refractivity contribution in [1.82, 2.24) is 0 Å². The zero-order chi connectivity index (χ0) is 29.7. The van der Waals surface area contributed by atoms with Gasteiger partial charge < -0.3 is 47.4 Å². The maximum Gasteiger partial charge on any atom is 0.164 e. The molecule has 1 aliphatic carbocycles. The predicted molar refractivity (Wildman–Crippen MR) is 157 cm³/mol. The van der Waals surface area contributed by atoms with Crippen LogP contribution < -0.4 is 0 Å². The number of ether oxygens (including phenoxy) is 10. The highest BCUT2D eigenvalue weighted by Crippen LogP contribution is 2.42. The number of hydrogen-bond donors (Lipinski definition) is 0. The van der Waals surface area contributed by atoms with Gasteiger partial charge in [-0.15, -0.1) is 0 Å². The molecule has 0 aromatic heterocycles. The lowest BCUT2D eigenvalue weighted by Gasteiger charge is -2.46. The lowest BCUT2D eigenvalue weighted by Crippen LogP contribution is -2.65. The number of benzene rings is 2. The molecule has 0 radical (unpaired) electrons. The van der Waals surface area contributed by atoms with E-state index < -0.39 is 42.4 Å². The molecule has 2 saturated heterocycles. The van der Waals surface area contributed by atoms with Crippen molar-refractivity contribution in [2.75, 3.05) is 66.1 Å². The summed E-state index contributed by atoms with van der Waals surface area (Å²) in [6.07, 6.45) is -2.90. The van der Waals surface area contributed by atoms with E-state index in [-0.39, 0.29) is 0 Å². The molecule has 3 aliphatic rings. The molecule has 5 rings (SSSR count). The highest BCUT2D eigenvalue weighted by Gasteiger charge is 2.60. The Morgan fingerprint density at radius 1 is 0.512 bits per heavy atom. The molecule has 1 saturated carbocycles. The fourth-order valence-electron chi connectivity index (χ4n) is 5.61. The second-order valence-electron chi connectivity index (χ2n) is 11.2. The van der Waals surface area contributed by atoms with E-state index in [1.807, 2.05) is 74.5 Å². The molecule has 2 aromatic rings. The highest BCUT2D eigenvalue weighted by molar-refractivity contribution is 5.15. The van der Waals surface area contributed by atoms with Gasteiger partial charge in [-0.2, -0.15) is 0 Å². The van der Waals surface area contributed by atoms with Gasteiger partial charge in [0.1, 0.15) is 36.6 Å². The Hall–Kier alpha value is -1.96. The SMILES string of the molecule is CC1(C)O[C@@H]2[C@H](OCc3ccccc3)[C@H]3OCCOCCOCCOCCOCCO[C@@H]3[C@@H](OCc3ccccc3)[C@@H]2O1. The molecule has 2 aliphatic heterocycles. The maximum atomic E-state index is 6.62. The van der Waals surface area contributed by atoms with Crippen LogP contribution in [0.3, 0.4) is 0 Å². The molecule has 10 heteroatoms. The molecular formula is C33H46O10. The maximum absolute atomic E-state index is 6.62. The molecule has 3 fully saturated rings. The minimum absolute atomic E-state index is 0.336. The summed E-state index contributed by atoms with van der Waals surface area (Å²) in [4.78, 5) is 0. The molecule has 0 amide bonds. The van der Waals surface area contributed by atoms with Crippen molar-refractivity contribution in [3.8, 4) is 0 Å². The molecule has 238 valence electrons. The molecule has 0 unspecified atom stereocenters. The van der Waals surface area contributed by atoms with E-state index in [1.54, 1.807) is 0 Å². The molecule has 10 nitrogen and oxygen atoms in total. The summed E-state index contributed by atoms with van der Waals surface area (Å²) in [5.74, 6) is -0.837. The van der Waals surface area contributed by atoms with E-state index in [0.717, 1.165) is 11.1 Å². The predicted octanol–water partition coefficient (Wildman–Crippen LogP) is 3.54. The lowest BCUT2D eigenvalue weighted by atomic mass is 9.84. The van der Waals surface area contributed by atoms with Crippen LogP contribution in [-0.4, -0.2) is 108 Å². The Morgan fingerprint density at radius 3 is 1.23 bits per heavy atom. The van der Waals surface area contributed by atoms with Crippen molar-refractivity contribution >= 4 is 0 Å². The zero-order valence-corrected chi connectivity index (χ0v) is 25.3. The lowest BCUT2D eigenvalue weighted by molar-refractivity contribution is -0.251. The zero-order valence-electron chi connectivity index (χ0n) is 25.3. The molecule has 6 atom stereocenters. The summed E-state index contributed by atoms with van der Waals surface area (Å²) in [6, 6.07) is 20.1. The van der Waals surface area contributed by atoms with Crippen LogP contribution in [0.1, 0.15) is 25.0 Å². The topological polar surface area (TPSA) is 92.3 Å². The number of hydrogen-bond acceptors (Lipinski definition) is 10. The van der Waals surface area contributed by atoms with Gasteiger partial charge in [-0.05, 0) is 25.0 Å². The van der Waals surface area contributed by atoms with E-state index in [0.29, 0.717) is 79.3 Å². The normalized spacial score (nSPS) is 31.3. The average molecular weight is 603 g/mol. The van der Waals surface area contributed by atoms with Crippen LogP contribution in [0.25, 0.3) is 0 Å². The van der Waals surface area contributed by atoms with Gasteiger partial charge in [0.05, 0.1) is 79.3 Å². The average Bonchev–Trinajstić information content (AvgIpc) is 3.34. The van der Waals surface area contributed by atoms with Gasteiger partial charge in [0.2, 0.25) is 0 Å². The molecule has 0 spiro atoms. The van der Waals surface area contributed by atoms with Crippen LogP contribution in [0.4, 0.5) is 0 Å². The van der Waals surface area contributed by atoms with Crippen LogP contribution in [0.5, 0.6) is 0 Å². The molecule has 2 heterocycles. The quantitative estimate of drug-likeness (QED) is 0.489. The van der Waals surface area contributed by atoms with Gasteiger partial charge in [-0.3, -0.25) is 0 Å². The van der Waals surface area contributed by atoms with Crippen LogP contribution in [0.2, 0.25) is 0 Å². The first-order valence-electron chi connectivity index (χ1n) is 15.3. The van der Waals surface area contributed by atoms with Crippen molar-refractivity contribution in [2.24, 2.45) is 0 Å². The molecule has 43 heavy (non-hydrogen) atoms. The van der Waals surface area contributed by atoms with Gasteiger partial charge in [-0.1, -0.05) is 60.7 Å². The third kappa shape index (κ3) is 9.76. The van der Waals surface area contributed by atoms with Gasteiger partial charge >= 0.3 is 0 Å². The Labute approximate surface area is 254 Å². The fraction of sp³-hybridized carbons (Fsp3) is 0.636. The fourth-order valence-corrected chi connectivity index (χ4v) is 5.61. The molecule has 2 aromatic carbocycles. The molecule has 0 N–H and O–H groups in total.